The molecule has 0 unspecified atom stereocenters. The van der Waals surface area contributed by atoms with Crippen molar-refractivity contribution in [2.24, 2.45) is 0 Å². The largest absolute Gasteiger partial charge is 0.478 e. The molecule has 2 rings (SSSR count). The highest BCUT2D eigenvalue weighted by atomic mass is 19.1. The van der Waals surface area contributed by atoms with Crippen LogP contribution < -0.4 is 0 Å². The molecule has 140 valence electrons. The molecule has 0 spiro atoms. The first kappa shape index (κ1) is 21.3. The van der Waals surface area contributed by atoms with Gasteiger partial charge in [-0.15, -0.1) is 0 Å². The average Bonchev–Trinajstić information content (AvgIpc) is 2.58. The Morgan fingerprint density at radius 2 is 1.73 bits per heavy atom. The van der Waals surface area contributed by atoms with Crippen molar-refractivity contribution in [1.29, 1.82) is 0 Å². The van der Waals surface area contributed by atoms with Gasteiger partial charge in [-0.3, -0.25) is 0 Å². The molecule has 0 fully saturated rings. The van der Waals surface area contributed by atoms with Gasteiger partial charge in [-0.25, -0.2) is 14.0 Å². The molecule has 0 amide bonds. The minimum absolute atomic E-state index is 0.160. The lowest BCUT2D eigenvalue weighted by Crippen LogP contribution is -2.28. The first-order valence-electron chi connectivity index (χ1n) is 8.22. The molecule has 0 atom stereocenters. The number of nitrogens with zero attached hydrogens (tertiary/aromatic N) is 1. The van der Waals surface area contributed by atoms with Gasteiger partial charge in [0.1, 0.15) is 5.82 Å². The third-order valence-electron chi connectivity index (χ3n) is 3.92. The van der Waals surface area contributed by atoms with Crippen LogP contribution in [0.15, 0.2) is 48.6 Å². The van der Waals surface area contributed by atoms with Crippen molar-refractivity contribution in [2.75, 3.05) is 13.6 Å². The minimum atomic E-state index is -1.26. The van der Waals surface area contributed by atoms with E-state index in [1.54, 1.807) is 6.07 Å². The number of rotatable bonds is 6. The minimum Gasteiger partial charge on any atom is -0.478 e. The third kappa shape index (κ3) is 7.44. The fourth-order valence-corrected chi connectivity index (χ4v) is 2.23. The normalized spacial score (nSPS) is 11.0. The van der Waals surface area contributed by atoms with Gasteiger partial charge in [0.2, 0.25) is 0 Å². The van der Waals surface area contributed by atoms with E-state index in [1.165, 1.54) is 11.6 Å². The molecule has 6 heteroatoms. The maximum Gasteiger partial charge on any atom is 0.328 e. The van der Waals surface area contributed by atoms with E-state index < -0.39 is 11.9 Å². The second-order valence-corrected chi connectivity index (χ2v) is 6.12. The number of carboxylic acids is 2. The predicted molar refractivity (Wildman–Crippen MR) is 99.8 cm³/mol. The van der Waals surface area contributed by atoms with E-state index in [1.807, 2.05) is 18.2 Å². The van der Waals surface area contributed by atoms with E-state index in [4.69, 9.17) is 10.2 Å². The Hall–Kier alpha value is -2.73. The maximum absolute atomic E-state index is 13.3. The van der Waals surface area contributed by atoms with Crippen LogP contribution in [-0.2, 0) is 16.0 Å². The predicted octanol–water partition coefficient (Wildman–Crippen LogP) is 3.57. The quantitative estimate of drug-likeness (QED) is 0.769. The van der Waals surface area contributed by atoms with E-state index in [0.29, 0.717) is 18.2 Å². The van der Waals surface area contributed by atoms with Gasteiger partial charge in [0.05, 0.1) is 0 Å². The van der Waals surface area contributed by atoms with Gasteiger partial charge in [0, 0.05) is 24.7 Å². The molecule has 2 aromatic carbocycles. The lowest BCUT2D eigenvalue weighted by atomic mass is 10.0. The van der Waals surface area contributed by atoms with E-state index >= 15 is 0 Å². The summed E-state index contributed by atoms with van der Waals surface area (Å²) in [5.74, 6) is -2.67. The molecule has 0 heterocycles. The fourth-order valence-electron chi connectivity index (χ4n) is 2.23. The number of carbonyl (C=O) groups is 2. The van der Waals surface area contributed by atoms with Gasteiger partial charge in [-0.1, -0.05) is 24.3 Å². The first-order valence-corrected chi connectivity index (χ1v) is 8.22. The van der Waals surface area contributed by atoms with Gasteiger partial charge in [-0.05, 0) is 55.8 Å². The zero-order chi connectivity index (χ0) is 19.7. The summed E-state index contributed by atoms with van der Waals surface area (Å²) in [6.07, 6.45) is 2.07. The summed E-state index contributed by atoms with van der Waals surface area (Å²) >= 11 is 0. The number of hydrogen-bond acceptors (Lipinski definition) is 3. The van der Waals surface area contributed by atoms with Crippen molar-refractivity contribution in [2.45, 2.75) is 26.3 Å². The number of halogens is 1. The second-order valence-electron chi connectivity index (χ2n) is 6.12. The molecule has 0 radical (unpaired) electrons. The van der Waals surface area contributed by atoms with Crippen molar-refractivity contribution in [3.05, 3.63) is 59.9 Å². The average molecular weight is 361 g/mol. The Kier molecular flexibility index (Phi) is 8.45. The van der Waals surface area contributed by atoms with Crippen LogP contribution in [0, 0.1) is 5.82 Å². The van der Waals surface area contributed by atoms with Gasteiger partial charge in [0.25, 0.3) is 0 Å². The number of fused-ring (bicyclic) bond motifs is 1. The molecular weight excluding hydrogens is 337 g/mol. The van der Waals surface area contributed by atoms with E-state index in [-0.39, 0.29) is 5.82 Å². The monoisotopic (exact) mass is 361 g/mol. The van der Waals surface area contributed by atoms with E-state index in [9.17, 15) is 14.0 Å². The SMILES string of the molecule is CC(C)N(C)CCc1cccc2ccc(F)cc12.O=C(O)/C=C/C(=O)O. The maximum atomic E-state index is 13.3. The Morgan fingerprint density at radius 1 is 1.12 bits per heavy atom. The van der Waals surface area contributed by atoms with Crippen molar-refractivity contribution >= 4 is 22.7 Å². The van der Waals surface area contributed by atoms with Crippen LogP contribution in [0.3, 0.4) is 0 Å². The summed E-state index contributed by atoms with van der Waals surface area (Å²) in [5, 5.41) is 17.8. The number of likely N-dealkylation sites (N-methyl/N-ethyl adjacent to an activating group) is 1. The topological polar surface area (TPSA) is 77.8 Å². The van der Waals surface area contributed by atoms with Gasteiger partial charge in [-0.2, -0.15) is 0 Å². The Morgan fingerprint density at radius 3 is 2.27 bits per heavy atom. The Balaban J connectivity index is 0.000000359. The van der Waals surface area contributed by atoms with Crippen molar-refractivity contribution < 1.29 is 24.2 Å². The van der Waals surface area contributed by atoms with Gasteiger partial charge in [0.15, 0.2) is 0 Å². The van der Waals surface area contributed by atoms with Crippen LogP contribution in [0.25, 0.3) is 10.8 Å². The molecule has 0 aliphatic rings. The number of carboxylic acid groups (broad SMARTS) is 2. The highest BCUT2D eigenvalue weighted by Gasteiger charge is 2.06. The Bertz CT molecular complexity index is 770. The van der Waals surface area contributed by atoms with Crippen LogP contribution in [0.2, 0.25) is 0 Å². The first-order chi connectivity index (χ1) is 12.2. The third-order valence-corrected chi connectivity index (χ3v) is 3.92. The second kappa shape index (κ2) is 10.3. The summed E-state index contributed by atoms with van der Waals surface area (Å²) in [7, 11) is 2.12. The molecule has 0 saturated carbocycles. The highest BCUT2D eigenvalue weighted by Crippen LogP contribution is 2.20. The fraction of sp³-hybridized carbons (Fsp3) is 0.300. The van der Waals surface area contributed by atoms with Crippen molar-refractivity contribution in [1.82, 2.24) is 4.90 Å². The van der Waals surface area contributed by atoms with E-state index in [2.05, 4.69) is 31.9 Å². The molecule has 0 bridgehead atoms. The molecule has 2 aromatic rings. The summed E-state index contributed by atoms with van der Waals surface area (Å²) < 4.78 is 13.3. The van der Waals surface area contributed by atoms with Crippen LogP contribution in [0.5, 0.6) is 0 Å². The highest BCUT2D eigenvalue weighted by molar-refractivity contribution is 5.89. The molecule has 5 nitrogen and oxygen atoms in total. The summed E-state index contributed by atoms with van der Waals surface area (Å²) in [4.78, 5) is 21.4. The summed E-state index contributed by atoms with van der Waals surface area (Å²) in [6, 6.07) is 11.7. The van der Waals surface area contributed by atoms with Crippen molar-refractivity contribution in [3.63, 3.8) is 0 Å². The van der Waals surface area contributed by atoms with Crippen LogP contribution in [-0.4, -0.2) is 46.7 Å². The molecule has 0 saturated heterocycles. The number of aliphatic carboxylic acids is 2. The molecule has 0 aromatic heterocycles. The number of hydrogen-bond donors (Lipinski definition) is 2. The molecule has 26 heavy (non-hydrogen) atoms. The van der Waals surface area contributed by atoms with Gasteiger partial charge < -0.3 is 15.1 Å². The lowest BCUT2D eigenvalue weighted by Gasteiger charge is -2.21. The Labute approximate surface area is 152 Å². The van der Waals surface area contributed by atoms with Gasteiger partial charge >= 0.3 is 11.9 Å². The molecular formula is C20H24FNO4. The zero-order valence-corrected chi connectivity index (χ0v) is 15.1. The lowest BCUT2D eigenvalue weighted by molar-refractivity contribution is -0.134. The zero-order valence-electron chi connectivity index (χ0n) is 15.1. The van der Waals surface area contributed by atoms with Crippen LogP contribution in [0.1, 0.15) is 19.4 Å². The molecule has 2 N–H and O–H groups in total. The molecule has 0 aliphatic carbocycles. The summed E-state index contributed by atoms with van der Waals surface area (Å²) in [5.41, 5.74) is 1.22. The van der Waals surface area contributed by atoms with Crippen LogP contribution in [0.4, 0.5) is 4.39 Å². The van der Waals surface area contributed by atoms with E-state index in [0.717, 1.165) is 23.7 Å². The summed E-state index contributed by atoms with van der Waals surface area (Å²) in [6.45, 7) is 5.36. The van der Waals surface area contributed by atoms with Crippen LogP contribution >= 0.6 is 0 Å². The smallest absolute Gasteiger partial charge is 0.328 e. The number of benzene rings is 2. The standard InChI is InChI=1S/C16H20FN.C4H4O4/c1-12(2)18(3)10-9-14-6-4-5-13-7-8-15(17)11-16(13)14;5-3(6)1-2-4(7)8/h4-8,11-12H,9-10H2,1-3H3;1-2H,(H,5,6)(H,7,8)/b;2-1+. The molecule has 0 aliphatic heterocycles. The van der Waals surface area contributed by atoms with Crippen molar-refractivity contribution in [3.8, 4) is 0 Å².